The van der Waals surface area contributed by atoms with Crippen molar-refractivity contribution >= 4 is 23.5 Å². The third-order valence-electron chi connectivity index (χ3n) is 1.77. The van der Waals surface area contributed by atoms with E-state index >= 15 is 0 Å². The summed E-state index contributed by atoms with van der Waals surface area (Å²) in [5.74, 6) is -0.404. The van der Waals surface area contributed by atoms with Crippen molar-refractivity contribution in [1.29, 1.82) is 0 Å². The highest BCUT2D eigenvalue weighted by Gasteiger charge is 2.22. The molecule has 1 aromatic rings. The van der Waals surface area contributed by atoms with Gasteiger partial charge in [-0.15, -0.1) is 0 Å². The number of rotatable bonds is 1. The van der Waals surface area contributed by atoms with Gasteiger partial charge in [0.1, 0.15) is 11.4 Å². The van der Waals surface area contributed by atoms with Gasteiger partial charge in [-0.25, -0.2) is 14.2 Å². The van der Waals surface area contributed by atoms with Gasteiger partial charge in [0.15, 0.2) is 5.82 Å². The number of nitrogens with zero attached hydrogens (tertiary/aromatic N) is 2. The highest BCUT2D eigenvalue weighted by Crippen LogP contribution is 2.24. The molecule has 0 unspecified atom stereocenters. The normalized spacial score (nSPS) is 11.2. The Labute approximate surface area is 104 Å². The van der Waals surface area contributed by atoms with Gasteiger partial charge in [0.25, 0.3) is 0 Å². The zero-order valence-corrected chi connectivity index (χ0v) is 10.9. The Bertz CT molecular complexity index is 432. The van der Waals surface area contributed by atoms with Crippen molar-refractivity contribution < 1.29 is 13.9 Å². The zero-order chi connectivity index (χ0) is 13.2. The fourth-order valence-electron chi connectivity index (χ4n) is 1.07. The first kappa shape index (κ1) is 13.7. The van der Waals surface area contributed by atoms with Crippen LogP contribution in [-0.2, 0) is 4.74 Å². The first-order valence-corrected chi connectivity index (χ1v) is 5.36. The van der Waals surface area contributed by atoms with Gasteiger partial charge in [-0.1, -0.05) is 11.6 Å². The van der Waals surface area contributed by atoms with E-state index in [1.165, 1.54) is 7.05 Å². The molecule has 0 spiro atoms. The van der Waals surface area contributed by atoms with E-state index in [2.05, 4.69) is 4.98 Å². The number of hydrogen-bond acceptors (Lipinski definition) is 3. The average Bonchev–Trinajstić information content (AvgIpc) is 2.14. The van der Waals surface area contributed by atoms with Crippen molar-refractivity contribution in [1.82, 2.24) is 4.98 Å². The minimum Gasteiger partial charge on any atom is -0.443 e. The maximum absolute atomic E-state index is 12.8. The number of hydrogen-bond donors (Lipinski definition) is 0. The molecular formula is C11H14ClFN2O2. The maximum atomic E-state index is 12.8. The second-order valence-electron chi connectivity index (χ2n) is 4.50. The summed E-state index contributed by atoms with van der Waals surface area (Å²) in [6.07, 6.45) is 0.390. The summed E-state index contributed by atoms with van der Waals surface area (Å²) in [7, 11) is 1.46. The first-order valence-electron chi connectivity index (χ1n) is 4.98. The number of amides is 1. The van der Waals surface area contributed by atoms with E-state index in [1.807, 2.05) is 0 Å². The lowest BCUT2D eigenvalue weighted by molar-refractivity contribution is 0.0588. The molecule has 17 heavy (non-hydrogen) atoms. The molecule has 0 aliphatic heterocycles. The van der Waals surface area contributed by atoms with Crippen LogP contribution in [0, 0.1) is 5.82 Å². The molecule has 0 aliphatic carbocycles. The van der Waals surface area contributed by atoms with Gasteiger partial charge < -0.3 is 4.74 Å². The molecular weight excluding hydrogens is 247 g/mol. The minimum absolute atomic E-state index is 0.0540. The van der Waals surface area contributed by atoms with Crippen molar-refractivity contribution in [2.75, 3.05) is 11.9 Å². The summed E-state index contributed by atoms with van der Waals surface area (Å²) in [6.45, 7) is 5.25. The van der Waals surface area contributed by atoms with E-state index in [9.17, 15) is 9.18 Å². The smallest absolute Gasteiger partial charge is 0.415 e. The molecule has 1 amide bonds. The highest BCUT2D eigenvalue weighted by atomic mass is 35.5. The van der Waals surface area contributed by atoms with Crippen LogP contribution in [0.5, 0.6) is 0 Å². The lowest BCUT2D eigenvalue weighted by Crippen LogP contribution is -2.34. The van der Waals surface area contributed by atoms with Crippen LogP contribution < -0.4 is 4.90 Å². The fraction of sp³-hybridized carbons (Fsp3) is 0.455. The first-order chi connectivity index (χ1) is 7.70. The standard InChI is InChI=1S/C11H14ClFN2O2/c1-11(2,3)17-10(16)15(4)9-8(12)5-7(13)6-14-9/h5-6H,1-4H3. The van der Waals surface area contributed by atoms with Crippen molar-refractivity contribution in [3.8, 4) is 0 Å². The molecule has 1 rings (SSSR count). The van der Waals surface area contributed by atoms with E-state index in [-0.39, 0.29) is 10.8 Å². The van der Waals surface area contributed by atoms with Crippen molar-refractivity contribution in [2.24, 2.45) is 0 Å². The highest BCUT2D eigenvalue weighted by molar-refractivity contribution is 6.33. The molecule has 0 N–H and O–H groups in total. The predicted octanol–water partition coefficient (Wildman–Crippen LogP) is 3.25. The summed E-state index contributed by atoms with van der Waals surface area (Å²) < 4.78 is 17.9. The molecule has 4 nitrogen and oxygen atoms in total. The summed E-state index contributed by atoms with van der Waals surface area (Å²) in [4.78, 5) is 16.6. The third-order valence-corrected chi connectivity index (χ3v) is 2.05. The number of pyridine rings is 1. The Morgan fingerprint density at radius 1 is 1.53 bits per heavy atom. The molecule has 0 bridgehead atoms. The number of carbonyl (C=O) groups excluding carboxylic acids is 1. The number of halogens is 2. The third kappa shape index (κ3) is 3.85. The van der Waals surface area contributed by atoms with Crippen LogP contribution in [-0.4, -0.2) is 23.7 Å². The van der Waals surface area contributed by atoms with Gasteiger partial charge in [-0.3, -0.25) is 4.90 Å². The summed E-state index contributed by atoms with van der Waals surface area (Å²) >= 11 is 5.79. The topological polar surface area (TPSA) is 42.4 Å². The quantitative estimate of drug-likeness (QED) is 0.778. The van der Waals surface area contributed by atoms with Crippen LogP contribution in [0.25, 0.3) is 0 Å². The van der Waals surface area contributed by atoms with Crippen LogP contribution in [0.4, 0.5) is 15.0 Å². The van der Waals surface area contributed by atoms with Gasteiger partial charge >= 0.3 is 6.09 Å². The van der Waals surface area contributed by atoms with Crippen molar-refractivity contribution in [2.45, 2.75) is 26.4 Å². The van der Waals surface area contributed by atoms with E-state index in [0.717, 1.165) is 17.2 Å². The molecule has 94 valence electrons. The number of carbonyl (C=O) groups is 1. The van der Waals surface area contributed by atoms with Crippen LogP contribution in [0.1, 0.15) is 20.8 Å². The van der Waals surface area contributed by atoms with Gasteiger partial charge in [0.05, 0.1) is 11.2 Å². The Morgan fingerprint density at radius 2 is 2.12 bits per heavy atom. The fourth-order valence-corrected chi connectivity index (χ4v) is 1.35. The molecule has 0 fully saturated rings. The number of aromatic nitrogens is 1. The monoisotopic (exact) mass is 260 g/mol. The Hall–Kier alpha value is -1.36. The lowest BCUT2D eigenvalue weighted by atomic mass is 10.2. The van der Waals surface area contributed by atoms with E-state index in [4.69, 9.17) is 16.3 Å². The molecule has 0 aromatic carbocycles. The maximum Gasteiger partial charge on any atom is 0.415 e. The molecule has 0 radical (unpaired) electrons. The van der Waals surface area contributed by atoms with Crippen molar-refractivity contribution in [3.05, 3.63) is 23.1 Å². The molecule has 6 heteroatoms. The van der Waals surface area contributed by atoms with E-state index < -0.39 is 17.5 Å². The minimum atomic E-state index is -0.613. The van der Waals surface area contributed by atoms with E-state index in [1.54, 1.807) is 20.8 Å². The van der Waals surface area contributed by atoms with Crippen LogP contribution in [0.3, 0.4) is 0 Å². The summed E-state index contributed by atoms with van der Waals surface area (Å²) in [5, 5.41) is 0.0540. The van der Waals surface area contributed by atoms with Gasteiger partial charge in [-0.05, 0) is 26.8 Å². The largest absolute Gasteiger partial charge is 0.443 e. The number of anilines is 1. The summed E-state index contributed by atoms with van der Waals surface area (Å²) in [5.41, 5.74) is -0.613. The molecule has 0 saturated heterocycles. The molecule has 0 saturated carbocycles. The molecule has 1 aromatic heterocycles. The van der Waals surface area contributed by atoms with E-state index in [0.29, 0.717) is 0 Å². The van der Waals surface area contributed by atoms with Gasteiger partial charge in [-0.2, -0.15) is 0 Å². The van der Waals surface area contributed by atoms with Gasteiger partial charge in [0.2, 0.25) is 0 Å². The second-order valence-corrected chi connectivity index (χ2v) is 4.91. The van der Waals surface area contributed by atoms with Crippen LogP contribution in [0.2, 0.25) is 5.02 Å². The van der Waals surface area contributed by atoms with Gasteiger partial charge in [0, 0.05) is 7.05 Å². The Kier molecular flexibility index (Phi) is 3.93. The summed E-state index contributed by atoms with van der Waals surface area (Å²) in [6, 6.07) is 1.09. The predicted molar refractivity (Wildman–Crippen MR) is 63.8 cm³/mol. The molecule has 0 atom stereocenters. The van der Waals surface area contributed by atoms with Crippen LogP contribution in [0.15, 0.2) is 12.3 Å². The SMILES string of the molecule is CN(C(=O)OC(C)(C)C)c1ncc(F)cc1Cl. The Balaban J connectivity index is 2.89. The van der Waals surface area contributed by atoms with Crippen molar-refractivity contribution in [3.63, 3.8) is 0 Å². The second kappa shape index (κ2) is 4.87. The number of ether oxygens (including phenoxy) is 1. The Morgan fingerprint density at radius 3 is 2.59 bits per heavy atom. The molecule has 0 aliphatic rings. The molecule has 1 heterocycles. The lowest BCUT2D eigenvalue weighted by Gasteiger charge is -2.24. The average molecular weight is 261 g/mol. The zero-order valence-electron chi connectivity index (χ0n) is 10.1. The van der Waals surface area contributed by atoms with Crippen LogP contribution >= 0.6 is 11.6 Å².